The topological polar surface area (TPSA) is 84.4 Å². The van der Waals surface area contributed by atoms with Crippen molar-refractivity contribution in [1.29, 1.82) is 0 Å². The second kappa shape index (κ2) is 11.2. The predicted octanol–water partition coefficient (Wildman–Crippen LogP) is 5.21. The zero-order chi connectivity index (χ0) is 25.5. The Morgan fingerprint density at radius 2 is 1.78 bits per heavy atom. The van der Waals surface area contributed by atoms with Crippen LogP contribution in [0.4, 0.5) is 15.8 Å². The number of nitrogens with one attached hydrogen (secondary N) is 1. The van der Waals surface area contributed by atoms with E-state index in [0.29, 0.717) is 22.7 Å². The monoisotopic (exact) mass is 484 g/mol. The van der Waals surface area contributed by atoms with Gasteiger partial charge in [-0.2, -0.15) is 0 Å². The molecule has 0 fully saturated rings. The van der Waals surface area contributed by atoms with Crippen molar-refractivity contribution >= 4 is 23.2 Å². The Kier molecular flexibility index (Phi) is 7.65. The van der Waals surface area contributed by atoms with Crippen LogP contribution >= 0.6 is 0 Å². The molecule has 0 aliphatic carbocycles. The molecule has 1 atom stereocenters. The van der Waals surface area contributed by atoms with Crippen molar-refractivity contribution in [2.45, 2.75) is 19.4 Å². The van der Waals surface area contributed by atoms with Gasteiger partial charge in [0.05, 0.1) is 13.3 Å². The number of ether oxygens (including phenoxy) is 1. The zero-order valence-corrected chi connectivity index (χ0v) is 19.9. The van der Waals surface area contributed by atoms with Crippen LogP contribution in [-0.2, 0) is 11.2 Å². The molecule has 0 unspecified atom stereocenters. The molecule has 1 aromatic heterocycles. The molecular weight excluding hydrogens is 459 g/mol. The normalized spacial score (nSPS) is 11.4. The second-order valence-corrected chi connectivity index (χ2v) is 7.96. The minimum Gasteiger partial charge on any atom is -0.497 e. The summed E-state index contributed by atoms with van der Waals surface area (Å²) in [5, 5.41) is 2.81. The quantitative estimate of drug-likeness (QED) is 0.371. The maximum Gasteiger partial charge on any atom is 0.279 e. The molecule has 8 heteroatoms. The molecule has 0 aliphatic rings. The Morgan fingerprint density at radius 3 is 2.42 bits per heavy atom. The van der Waals surface area contributed by atoms with E-state index in [0.717, 1.165) is 12.0 Å². The van der Waals surface area contributed by atoms with E-state index in [1.54, 1.807) is 24.3 Å². The Bertz CT molecular complexity index is 1330. The summed E-state index contributed by atoms with van der Waals surface area (Å²) in [5.74, 6) is -0.903. The maximum absolute atomic E-state index is 13.8. The molecule has 0 saturated carbocycles. The Hall–Kier alpha value is -4.59. The number of aromatic nitrogens is 2. The summed E-state index contributed by atoms with van der Waals surface area (Å²) in [5.41, 5.74) is 2.58. The van der Waals surface area contributed by atoms with Crippen LogP contribution in [0.3, 0.4) is 0 Å². The molecule has 7 nitrogen and oxygen atoms in total. The number of carbonyl (C=O) groups is 2. The van der Waals surface area contributed by atoms with Gasteiger partial charge >= 0.3 is 0 Å². The van der Waals surface area contributed by atoms with Gasteiger partial charge in [-0.1, -0.05) is 37.3 Å². The van der Waals surface area contributed by atoms with Gasteiger partial charge in [0, 0.05) is 29.8 Å². The van der Waals surface area contributed by atoms with E-state index >= 15 is 0 Å². The van der Waals surface area contributed by atoms with Crippen LogP contribution in [-0.4, -0.2) is 28.9 Å². The third-order valence-electron chi connectivity index (χ3n) is 5.65. The van der Waals surface area contributed by atoms with Gasteiger partial charge in [0.15, 0.2) is 0 Å². The number of hydrogen-bond acceptors (Lipinski definition) is 5. The van der Waals surface area contributed by atoms with Crippen LogP contribution < -0.4 is 15.0 Å². The molecule has 1 heterocycles. The van der Waals surface area contributed by atoms with Crippen molar-refractivity contribution in [3.05, 3.63) is 114 Å². The fourth-order valence-electron chi connectivity index (χ4n) is 3.77. The van der Waals surface area contributed by atoms with E-state index in [1.807, 2.05) is 31.2 Å². The zero-order valence-electron chi connectivity index (χ0n) is 19.9. The van der Waals surface area contributed by atoms with Crippen molar-refractivity contribution in [3.63, 3.8) is 0 Å². The number of methoxy groups -OCH3 is 1. The molecule has 0 saturated heterocycles. The highest BCUT2D eigenvalue weighted by Gasteiger charge is 2.34. The van der Waals surface area contributed by atoms with E-state index in [-0.39, 0.29) is 5.69 Å². The molecule has 182 valence electrons. The average molecular weight is 485 g/mol. The number of hydrogen-bond donors (Lipinski definition) is 1. The van der Waals surface area contributed by atoms with Gasteiger partial charge in [-0.3, -0.25) is 19.5 Å². The minimum atomic E-state index is -1.08. The van der Waals surface area contributed by atoms with Crippen molar-refractivity contribution in [3.8, 4) is 5.75 Å². The van der Waals surface area contributed by atoms with Crippen LogP contribution in [0, 0.1) is 5.82 Å². The van der Waals surface area contributed by atoms with Crippen molar-refractivity contribution < 1.29 is 18.7 Å². The van der Waals surface area contributed by atoms with Gasteiger partial charge in [-0.05, 0) is 53.9 Å². The minimum absolute atomic E-state index is 0.0741. The summed E-state index contributed by atoms with van der Waals surface area (Å²) in [6.07, 6.45) is 5.06. The molecule has 36 heavy (non-hydrogen) atoms. The molecule has 0 spiro atoms. The lowest BCUT2D eigenvalue weighted by molar-refractivity contribution is -0.117. The molecule has 0 bridgehead atoms. The Balaban J connectivity index is 1.85. The van der Waals surface area contributed by atoms with Crippen LogP contribution in [0.15, 0.2) is 91.4 Å². The fraction of sp³-hybridized carbons (Fsp3) is 0.143. The van der Waals surface area contributed by atoms with Crippen LogP contribution in [0.25, 0.3) is 0 Å². The van der Waals surface area contributed by atoms with Gasteiger partial charge in [0.25, 0.3) is 11.8 Å². The molecule has 0 aliphatic heterocycles. The first-order chi connectivity index (χ1) is 17.5. The van der Waals surface area contributed by atoms with Crippen molar-refractivity contribution in [2.24, 2.45) is 0 Å². The fourth-order valence-corrected chi connectivity index (χ4v) is 3.77. The number of anilines is 2. The molecular formula is C28H25FN4O3. The Labute approximate surface area is 208 Å². The van der Waals surface area contributed by atoms with Gasteiger partial charge in [0.2, 0.25) is 0 Å². The van der Waals surface area contributed by atoms with Gasteiger partial charge in [0.1, 0.15) is 23.3 Å². The summed E-state index contributed by atoms with van der Waals surface area (Å²) in [6.45, 7) is 2.04. The average Bonchev–Trinajstić information content (AvgIpc) is 2.93. The maximum atomic E-state index is 13.8. The molecule has 4 rings (SSSR count). The van der Waals surface area contributed by atoms with Gasteiger partial charge in [-0.25, -0.2) is 9.37 Å². The van der Waals surface area contributed by atoms with Crippen LogP contribution in [0.2, 0.25) is 0 Å². The highest BCUT2D eigenvalue weighted by atomic mass is 19.1. The lowest BCUT2D eigenvalue weighted by Crippen LogP contribution is -2.42. The van der Waals surface area contributed by atoms with E-state index < -0.39 is 23.7 Å². The molecule has 4 aromatic rings. The SMILES string of the molecule is CCc1ccc([C@H](C(=O)Nc2ccc(F)cc2)N(C(=O)c2cnccn2)c2cccc(OC)c2)cc1. The van der Waals surface area contributed by atoms with E-state index in [1.165, 1.54) is 54.9 Å². The van der Waals surface area contributed by atoms with E-state index in [2.05, 4.69) is 15.3 Å². The number of nitrogens with zero attached hydrogens (tertiary/aromatic N) is 3. The predicted molar refractivity (Wildman–Crippen MR) is 135 cm³/mol. The summed E-state index contributed by atoms with van der Waals surface area (Å²) in [6, 6.07) is 18.7. The third kappa shape index (κ3) is 5.55. The number of amides is 2. The second-order valence-electron chi connectivity index (χ2n) is 7.96. The lowest BCUT2D eigenvalue weighted by Gasteiger charge is -2.31. The third-order valence-corrected chi connectivity index (χ3v) is 5.65. The first-order valence-electron chi connectivity index (χ1n) is 11.4. The van der Waals surface area contributed by atoms with Crippen LogP contribution in [0.5, 0.6) is 5.75 Å². The molecule has 1 N–H and O–H groups in total. The molecule has 2 amide bonds. The van der Waals surface area contributed by atoms with E-state index in [4.69, 9.17) is 4.74 Å². The number of halogens is 1. The smallest absolute Gasteiger partial charge is 0.279 e. The summed E-state index contributed by atoms with van der Waals surface area (Å²) >= 11 is 0. The number of rotatable bonds is 8. The van der Waals surface area contributed by atoms with Crippen molar-refractivity contribution in [1.82, 2.24) is 9.97 Å². The largest absolute Gasteiger partial charge is 0.497 e. The summed E-state index contributed by atoms with van der Waals surface area (Å²) in [4.78, 5) is 37.2. The Morgan fingerprint density at radius 1 is 1.03 bits per heavy atom. The molecule has 3 aromatic carbocycles. The van der Waals surface area contributed by atoms with Crippen molar-refractivity contribution in [2.75, 3.05) is 17.3 Å². The number of carbonyl (C=O) groups excluding carboxylic acids is 2. The van der Waals surface area contributed by atoms with Gasteiger partial charge < -0.3 is 10.1 Å². The number of benzene rings is 3. The first kappa shape index (κ1) is 24.5. The summed E-state index contributed by atoms with van der Waals surface area (Å²) in [7, 11) is 1.52. The first-order valence-corrected chi connectivity index (χ1v) is 11.4. The lowest BCUT2D eigenvalue weighted by atomic mass is 10.00. The molecule has 0 radical (unpaired) electrons. The highest BCUT2D eigenvalue weighted by Crippen LogP contribution is 2.32. The number of aryl methyl sites for hydroxylation is 1. The summed E-state index contributed by atoms with van der Waals surface area (Å²) < 4.78 is 18.8. The van der Waals surface area contributed by atoms with Crippen LogP contribution in [0.1, 0.15) is 34.6 Å². The standard InChI is InChI=1S/C28H25FN4O3/c1-3-19-7-9-20(10-8-19)26(27(34)32-22-13-11-21(29)12-14-22)33(23-5-4-6-24(17-23)36-2)28(35)25-18-30-15-16-31-25/h4-18,26H,3H2,1-2H3,(H,32,34)/t26-/m1/s1. The van der Waals surface area contributed by atoms with E-state index in [9.17, 15) is 14.0 Å². The highest BCUT2D eigenvalue weighted by molar-refractivity contribution is 6.11. The van der Waals surface area contributed by atoms with Gasteiger partial charge in [-0.15, -0.1) is 0 Å².